The highest BCUT2D eigenvalue weighted by Crippen LogP contribution is 2.16. The summed E-state index contributed by atoms with van der Waals surface area (Å²) in [7, 11) is -3.00. The largest absolute Gasteiger partial charge is 0.369 e. The van der Waals surface area contributed by atoms with Crippen LogP contribution < -0.4 is 5.73 Å². The van der Waals surface area contributed by atoms with Gasteiger partial charge in [0.1, 0.15) is 5.52 Å². The van der Waals surface area contributed by atoms with Crippen LogP contribution in [0, 0.1) is 0 Å². The van der Waals surface area contributed by atoms with E-state index in [0.717, 1.165) is 5.52 Å². The van der Waals surface area contributed by atoms with Crippen molar-refractivity contribution in [2.45, 2.75) is 13.5 Å². The van der Waals surface area contributed by atoms with Crippen LogP contribution >= 0.6 is 0 Å². The Morgan fingerprint density at radius 1 is 1.47 bits per heavy atom. The summed E-state index contributed by atoms with van der Waals surface area (Å²) >= 11 is 0. The molecule has 0 saturated heterocycles. The van der Waals surface area contributed by atoms with E-state index >= 15 is 0 Å². The van der Waals surface area contributed by atoms with E-state index in [1.54, 1.807) is 30.0 Å². The SMILES string of the molecule is CCS(=O)(=O)CCn1c(N)nc2cnccc21. The molecule has 0 radical (unpaired) electrons. The van der Waals surface area contributed by atoms with Crippen LogP contribution in [0.15, 0.2) is 18.5 Å². The molecule has 0 spiro atoms. The molecule has 0 bridgehead atoms. The Morgan fingerprint density at radius 2 is 2.24 bits per heavy atom. The van der Waals surface area contributed by atoms with E-state index in [9.17, 15) is 8.42 Å². The number of hydrogen-bond acceptors (Lipinski definition) is 5. The predicted octanol–water partition coefficient (Wildman–Crippen LogP) is 0.448. The van der Waals surface area contributed by atoms with Gasteiger partial charge >= 0.3 is 0 Å². The Kier molecular flexibility index (Phi) is 3.01. The molecule has 0 aromatic carbocycles. The molecule has 0 aliphatic heterocycles. The molecular formula is C10H14N4O2S. The summed E-state index contributed by atoms with van der Waals surface area (Å²) < 4.78 is 24.6. The summed E-state index contributed by atoms with van der Waals surface area (Å²) in [6.07, 6.45) is 3.24. The van der Waals surface area contributed by atoms with Gasteiger partial charge in [0.25, 0.3) is 0 Å². The lowest BCUT2D eigenvalue weighted by Crippen LogP contribution is -2.15. The number of nitrogens with two attached hydrogens (primary N) is 1. The number of sulfone groups is 1. The number of imidazole rings is 1. The van der Waals surface area contributed by atoms with Gasteiger partial charge in [-0.05, 0) is 6.07 Å². The van der Waals surface area contributed by atoms with E-state index in [0.29, 0.717) is 18.0 Å². The number of pyridine rings is 1. The van der Waals surface area contributed by atoms with Crippen molar-refractivity contribution in [1.29, 1.82) is 0 Å². The Labute approximate surface area is 99.4 Å². The molecular weight excluding hydrogens is 240 g/mol. The van der Waals surface area contributed by atoms with Crippen LogP contribution in [0.2, 0.25) is 0 Å². The lowest BCUT2D eigenvalue weighted by atomic mass is 10.4. The van der Waals surface area contributed by atoms with E-state index in [4.69, 9.17) is 5.73 Å². The second kappa shape index (κ2) is 4.33. The number of nitrogens with zero attached hydrogens (tertiary/aromatic N) is 3. The highest BCUT2D eigenvalue weighted by atomic mass is 32.2. The van der Waals surface area contributed by atoms with Crippen molar-refractivity contribution in [3.63, 3.8) is 0 Å². The van der Waals surface area contributed by atoms with Crippen molar-refractivity contribution in [3.8, 4) is 0 Å². The monoisotopic (exact) mass is 254 g/mol. The molecule has 0 amide bonds. The number of anilines is 1. The van der Waals surface area contributed by atoms with E-state index in [-0.39, 0.29) is 11.5 Å². The lowest BCUT2D eigenvalue weighted by molar-refractivity contribution is 0.591. The zero-order chi connectivity index (χ0) is 12.5. The highest BCUT2D eigenvalue weighted by molar-refractivity contribution is 7.91. The minimum absolute atomic E-state index is 0.0709. The minimum Gasteiger partial charge on any atom is -0.369 e. The number of rotatable bonds is 4. The Bertz CT molecular complexity index is 633. The van der Waals surface area contributed by atoms with Gasteiger partial charge in [-0.15, -0.1) is 0 Å². The Hall–Kier alpha value is -1.63. The van der Waals surface area contributed by atoms with E-state index in [1.807, 2.05) is 0 Å². The van der Waals surface area contributed by atoms with Gasteiger partial charge in [-0.2, -0.15) is 0 Å². The van der Waals surface area contributed by atoms with Crippen molar-refractivity contribution in [3.05, 3.63) is 18.5 Å². The number of hydrogen-bond donors (Lipinski definition) is 1. The fraction of sp³-hybridized carbons (Fsp3) is 0.400. The molecule has 2 aromatic rings. The fourth-order valence-corrected chi connectivity index (χ4v) is 2.36. The summed E-state index contributed by atoms with van der Waals surface area (Å²) in [5.74, 6) is 0.530. The van der Waals surface area contributed by atoms with Crippen molar-refractivity contribution < 1.29 is 8.42 Å². The third-order valence-electron chi connectivity index (χ3n) is 2.65. The summed E-state index contributed by atoms with van der Waals surface area (Å²) in [4.78, 5) is 8.07. The maximum atomic E-state index is 11.5. The average molecular weight is 254 g/mol. The predicted molar refractivity (Wildman–Crippen MR) is 66.3 cm³/mol. The first-order valence-corrected chi connectivity index (χ1v) is 7.12. The maximum absolute atomic E-state index is 11.5. The van der Waals surface area contributed by atoms with E-state index in [2.05, 4.69) is 9.97 Å². The standard InChI is InChI=1S/C10H14N4O2S/c1-2-17(15,16)6-5-14-9-3-4-12-7-8(9)13-10(14)11/h3-4,7H,2,5-6H2,1H3,(H2,11,13). The molecule has 2 rings (SSSR count). The molecule has 6 nitrogen and oxygen atoms in total. The van der Waals surface area contributed by atoms with Crippen LogP contribution in [-0.4, -0.2) is 34.5 Å². The summed E-state index contributed by atoms with van der Waals surface area (Å²) in [5.41, 5.74) is 7.24. The number of fused-ring (bicyclic) bond motifs is 1. The third kappa shape index (κ3) is 2.38. The normalized spacial score (nSPS) is 12.1. The van der Waals surface area contributed by atoms with Gasteiger partial charge in [-0.1, -0.05) is 6.92 Å². The third-order valence-corrected chi connectivity index (χ3v) is 4.33. The van der Waals surface area contributed by atoms with Gasteiger partial charge < -0.3 is 10.3 Å². The van der Waals surface area contributed by atoms with Crippen molar-refractivity contribution in [2.24, 2.45) is 0 Å². The maximum Gasteiger partial charge on any atom is 0.201 e. The van der Waals surface area contributed by atoms with Gasteiger partial charge in [-0.3, -0.25) is 4.98 Å². The number of aromatic nitrogens is 3. The zero-order valence-corrected chi connectivity index (χ0v) is 10.3. The van der Waals surface area contributed by atoms with Gasteiger partial charge in [0.05, 0.1) is 17.5 Å². The number of nitrogen functional groups attached to an aromatic ring is 1. The average Bonchev–Trinajstić information content (AvgIpc) is 2.62. The zero-order valence-electron chi connectivity index (χ0n) is 9.50. The van der Waals surface area contributed by atoms with Crippen molar-refractivity contribution in [1.82, 2.24) is 14.5 Å². The second-order valence-electron chi connectivity index (χ2n) is 3.72. The van der Waals surface area contributed by atoms with Crippen LogP contribution in [0.3, 0.4) is 0 Å². The first-order valence-electron chi connectivity index (χ1n) is 5.29. The first kappa shape index (κ1) is 11.8. The second-order valence-corrected chi connectivity index (χ2v) is 6.20. The van der Waals surface area contributed by atoms with Crippen LogP contribution in [0.4, 0.5) is 5.95 Å². The van der Waals surface area contributed by atoms with E-state index in [1.165, 1.54) is 0 Å². The van der Waals surface area contributed by atoms with Gasteiger partial charge in [0.15, 0.2) is 9.84 Å². The Morgan fingerprint density at radius 3 is 2.94 bits per heavy atom. The minimum atomic E-state index is -3.00. The molecule has 17 heavy (non-hydrogen) atoms. The molecule has 0 atom stereocenters. The lowest BCUT2D eigenvalue weighted by Gasteiger charge is -2.06. The summed E-state index contributed by atoms with van der Waals surface area (Å²) in [6.45, 7) is 1.96. The highest BCUT2D eigenvalue weighted by Gasteiger charge is 2.12. The fourth-order valence-electron chi connectivity index (χ4n) is 1.61. The smallest absolute Gasteiger partial charge is 0.201 e. The van der Waals surface area contributed by atoms with Crippen molar-refractivity contribution >= 4 is 26.8 Å². The molecule has 0 fully saturated rings. The van der Waals surface area contributed by atoms with Crippen LogP contribution in [0.5, 0.6) is 0 Å². The van der Waals surface area contributed by atoms with Crippen LogP contribution in [0.1, 0.15) is 6.92 Å². The Balaban J connectivity index is 2.33. The molecule has 0 aliphatic rings. The van der Waals surface area contributed by atoms with E-state index < -0.39 is 9.84 Å². The quantitative estimate of drug-likeness (QED) is 0.855. The molecule has 92 valence electrons. The summed E-state index contributed by atoms with van der Waals surface area (Å²) in [5, 5.41) is 0. The molecule has 0 saturated carbocycles. The van der Waals surface area contributed by atoms with Crippen LogP contribution in [0.25, 0.3) is 11.0 Å². The van der Waals surface area contributed by atoms with Gasteiger partial charge in [-0.25, -0.2) is 13.4 Å². The molecule has 0 aliphatic carbocycles. The first-order chi connectivity index (χ1) is 8.03. The summed E-state index contributed by atoms with van der Waals surface area (Å²) in [6, 6.07) is 1.78. The molecule has 2 N–H and O–H groups in total. The molecule has 2 heterocycles. The number of aryl methyl sites for hydroxylation is 1. The van der Waals surface area contributed by atoms with Crippen molar-refractivity contribution in [2.75, 3.05) is 17.2 Å². The molecule has 7 heteroatoms. The molecule has 0 unspecified atom stereocenters. The topological polar surface area (TPSA) is 90.9 Å². The van der Waals surface area contributed by atoms with Crippen LogP contribution in [-0.2, 0) is 16.4 Å². The van der Waals surface area contributed by atoms with Gasteiger partial charge in [0, 0.05) is 18.5 Å². The van der Waals surface area contributed by atoms with Gasteiger partial charge in [0.2, 0.25) is 5.95 Å². The molecule has 2 aromatic heterocycles.